The zero-order chi connectivity index (χ0) is 28.2. The predicted molar refractivity (Wildman–Crippen MR) is 153 cm³/mol. The molecule has 0 radical (unpaired) electrons. The number of halogens is 2. The average molecular weight is 566 g/mol. The molecular formula is C28H29ClFN7O3. The van der Waals surface area contributed by atoms with E-state index in [9.17, 15) is 18.8 Å². The number of anilines is 3. The lowest BCUT2D eigenvalue weighted by Gasteiger charge is -2.36. The van der Waals surface area contributed by atoms with E-state index >= 15 is 0 Å². The number of carbonyl (C=O) groups is 3. The first-order chi connectivity index (χ1) is 19.3. The number of carbonyl (C=O) groups excluding carboxylic acids is 3. The van der Waals surface area contributed by atoms with Gasteiger partial charge in [-0.1, -0.05) is 23.7 Å². The van der Waals surface area contributed by atoms with Gasteiger partial charge in [-0.15, -0.1) is 0 Å². The Bertz CT molecular complexity index is 1480. The summed E-state index contributed by atoms with van der Waals surface area (Å²) in [6.45, 7) is 2.27. The number of hydrogen-bond donors (Lipinski definition) is 3. The van der Waals surface area contributed by atoms with Gasteiger partial charge >= 0.3 is 12.1 Å². The number of benzene rings is 2. The quantitative estimate of drug-likeness (QED) is 0.400. The first-order valence-corrected chi connectivity index (χ1v) is 13.4. The second kappa shape index (κ2) is 11.8. The highest BCUT2D eigenvalue weighted by Gasteiger charge is 2.28. The Morgan fingerprint density at radius 3 is 2.55 bits per heavy atom. The summed E-state index contributed by atoms with van der Waals surface area (Å²) in [4.78, 5) is 48.1. The fourth-order valence-electron chi connectivity index (χ4n) is 4.90. The number of pyridine rings is 1. The number of amides is 5. The van der Waals surface area contributed by atoms with Crippen molar-refractivity contribution in [3.8, 4) is 0 Å². The molecule has 0 aliphatic carbocycles. The van der Waals surface area contributed by atoms with Crippen molar-refractivity contribution >= 4 is 57.7 Å². The van der Waals surface area contributed by atoms with Crippen LogP contribution in [0.1, 0.15) is 19.3 Å². The molecule has 5 amide bonds. The number of nitrogen functional groups attached to an aromatic ring is 1. The fraction of sp³-hybridized carbons (Fsp3) is 0.286. The van der Waals surface area contributed by atoms with Crippen molar-refractivity contribution in [2.45, 2.75) is 19.3 Å². The number of likely N-dealkylation sites (tertiary alicyclic amines) is 1. The molecule has 2 aliphatic rings. The summed E-state index contributed by atoms with van der Waals surface area (Å²) in [5, 5.41) is 6.68. The van der Waals surface area contributed by atoms with E-state index in [1.165, 1.54) is 24.4 Å². The highest BCUT2D eigenvalue weighted by atomic mass is 35.5. The van der Waals surface area contributed by atoms with E-state index in [0.717, 1.165) is 16.0 Å². The maximum atomic E-state index is 14.0. The number of nitrogens with zero attached hydrogens (tertiary/aromatic N) is 4. The average Bonchev–Trinajstić information content (AvgIpc) is 3.13. The highest BCUT2D eigenvalue weighted by Crippen LogP contribution is 2.30. The van der Waals surface area contributed by atoms with Crippen LogP contribution in [0.15, 0.2) is 60.3 Å². The lowest BCUT2D eigenvalue weighted by Crippen LogP contribution is -2.51. The van der Waals surface area contributed by atoms with Gasteiger partial charge in [0.05, 0.1) is 11.2 Å². The van der Waals surface area contributed by atoms with Crippen molar-refractivity contribution in [3.05, 3.63) is 71.1 Å². The van der Waals surface area contributed by atoms with Crippen LogP contribution in [0, 0.1) is 5.82 Å². The van der Waals surface area contributed by atoms with E-state index in [1.807, 2.05) is 18.2 Å². The molecule has 2 fully saturated rings. The molecule has 10 nitrogen and oxygen atoms in total. The Hall–Kier alpha value is -4.38. The predicted octanol–water partition coefficient (Wildman–Crippen LogP) is 4.57. The third kappa shape index (κ3) is 5.94. The summed E-state index contributed by atoms with van der Waals surface area (Å²) >= 11 is 6.12. The van der Waals surface area contributed by atoms with Gasteiger partial charge in [-0.05, 0) is 49.6 Å². The molecule has 0 bridgehead atoms. The maximum Gasteiger partial charge on any atom is 0.328 e. The number of para-hydroxylation sites is 1. The minimum absolute atomic E-state index is 0.00577. The minimum atomic E-state index is -0.711. The minimum Gasteiger partial charge on any atom is -0.384 e. The van der Waals surface area contributed by atoms with Crippen LogP contribution >= 0.6 is 11.6 Å². The summed E-state index contributed by atoms with van der Waals surface area (Å²) < 4.78 is 14.0. The van der Waals surface area contributed by atoms with Crippen molar-refractivity contribution in [3.63, 3.8) is 0 Å². The second-order valence-electron chi connectivity index (χ2n) is 9.64. The summed E-state index contributed by atoms with van der Waals surface area (Å²) in [5.41, 5.74) is 7.97. The van der Waals surface area contributed by atoms with Gasteiger partial charge < -0.3 is 26.2 Å². The number of nitrogens with one attached hydrogen (secondary N) is 2. The number of nitrogens with two attached hydrogens (primary N) is 1. The molecule has 1 aromatic heterocycles. The zero-order valence-corrected chi connectivity index (χ0v) is 22.5. The van der Waals surface area contributed by atoms with Gasteiger partial charge in [0.25, 0.3) is 5.91 Å². The maximum absolute atomic E-state index is 14.0. The lowest BCUT2D eigenvalue weighted by atomic mass is 10.1. The molecule has 0 saturated carbocycles. The number of rotatable bonds is 3. The molecule has 3 aromatic rings. The Labute approximate surface area is 235 Å². The fourth-order valence-corrected chi connectivity index (χ4v) is 5.06. The van der Waals surface area contributed by atoms with Crippen LogP contribution in [0.25, 0.3) is 10.9 Å². The van der Waals surface area contributed by atoms with E-state index in [-0.39, 0.29) is 18.3 Å². The van der Waals surface area contributed by atoms with Gasteiger partial charge in [-0.3, -0.25) is 9.69 Å². The van der Waals surface area contributed by atoms with E-state index < -0.39 is 17.8 Å². The van der Waals surface area contributed by atoms with E-state index in [0.29, 0.717) is 67.4 Å². The molecule has 2 aromatic carbocycles. The summed E-state index contributed by atoms with van der Waals surface area (Å²) in [6.07, 6.45) is 3.07. The highest BCUT2D eigenvalue weighted by molar-refractivity contribution is 6.31. The van der Waals surface area contributed by atoms with E-state index in [4.69, 9.17) is 17.3 Å². The molecule has 2 aliphatic heterocycles. The first kappa shape index (κ1) is 27.2. The van der Waals surface area contributed by atoms with Crippen LogP contribution in [-0.4, -0.2) is 65.5 Å². The van der Waals surface area contributed by atoms with Crippen LogP contribution in [0.3, 0.4) is 0 Å². The summed E-state index contributed by atoms with van der Waals surface area (Å²) in [6, 6.07) is 12.0. The van der Waals surface area contributed by atoms with Gasteiger partial charge in [-0.2, -0.15) is 0 Å². The number of aromatic nitrogens is 1. The van der Waals surface area contributed by atoms with Crippen molar-refractivity contribution in [1.82, 2.24) is 20.1 Å². The number of hydrogen-bond acceptors (Lipinski definition) is 6. The molecule has 40 heavy (non-hydrogen) atoms. The standard InChI is InChI=1S/C28H29ClFN7O3/c29-19-8-9-20-23(15-19)33-25(31)16-24(20)35-11-13-36(14-12-35)27(39)32-17-18-5-3-4-10-37(26(18)38)28(40)34-22-7-2-1-6-21(22)30/h1-2,6-9,15-17H,3-5,10-14H2,(H2,31,33)(H,32,39)(H,34,40). The lowest BCUT2D eigenvalue weighted by molar-refractivity contribution is -0.123. The molecule has 0 atom stereocenters. The number of piperazine rings is 1. The van der Waals surface area contributed by atoms with Crippen LogP contribution in [-0.2, 0) is 4.79 Å². The summed E-state index contributed by atoms with van der Waals surface area (Å²) in [5.74, 6) is -0.716. The monoisotopic (exact) mass is 565 g/mol. The largest absolute Gasteiger partial charge is 0.384 e. The molecule has 208 valence electrons. The summed E-state index contributed by atoms with van der Waals surface area (Å²) in [7, 11) is 0. The van der Waals surface area contributed by atoms with Crippen molar-refractivity contribution in [2.24, 2.45) is 0 Å². The second-order valence-corrected chi connectivity index (χ2v) is 10.1. The zero-order valence-electron chi connectivity index (χ0n) is 21.7. The molecule has 12 heteroatoms. The smallest absolute Gasteiger partial charge is 0.328 e. The van der Waals surface area contributed by atoms with Gasteiger partial charge in [0.2, 0.25) is 0 Å². The van der Waals surface area contributed by atoms with E-state index in [2.05, 4.69) is 20.5 Å². The number of imide groups is 1. The van der Waals surface area contributed by atoms with Crippen LogP contribution < -0.4 is 21.3 Å². The van der Waals surface area contributed by atoms with Crippen molar-refractivity contribution < 1.29 is 18.8 Å². The molecule has 0 unspecified atom stereocenters. The molecule has 5 rings (SSSR count). The Morgan fingerprint density at radius 1 is 1.00 bits per heavy atom. The van der Waals surface area contributed by atoms with Gasteiger partial charge in [0.1, 0.15) is 11.6 Å². The number of fused-ring (bicyclic) bond motifs is 1. The Balaban J connectivity index is 1.21. The normalized spacial score (nSPS) is 17.2. The van der Waals surface area contributed by atoms with E-state index in [1.54, 1.807) is 17.0 Å². The van der Waals surface area contributed by atoms with Crippen LogP contribution in [0.5, 0.6) is 0 Å². The third-order valence-electron chi connectivity index (χ3n) is 7.01. The SMILES string of the molecule is Nc1cc(N2CCN(C(=O)NC=C3CCCCN(C(=O)Nc4ccccc4F)C3=O)CC2)c2ccc(Cl)cc2n1. The molecule has 0 spiro atoms. The van der Waals surface area contributed by atoms with Crippen molar-refractivity contribution in [1.29, 1.82) is 0 Å². The molecule has 2 saturated heterocycles. The first-order valence-electron chi connectivity index (χ1n) is 13.0. The van der Waals surface area contributed by atoms with Gasteiger partial charge in [-0.25, -0.2) is 19.0 Å². The molecule has 4 N–H and O–H groups in total. The van der Waals surface area contributed by atoms with Gasteiger partial charge in [0.15, 0.2) is 0 Å². The van der Waals surface area contributed by atoms with Crippen molar-refractivity contribution in [2.75, 3.05) is 48.7 Å². The Kier molecular flexibility index (Phi) is 8.01. The Morgan fingerprint density at radius 2 is 1.77 bits per heavy atom. The van der Waals surface area contributed by atoms with Crippen LogP contribution in [0.2, 0.25) is 5.02 Å². The topological polar surface area (TPSA) is 124 Å². The third-order valence-corrected chi connectivity index (χ3v) is 7.24. The molecule has 3 heterocycles. The number of urea groups is 2. The van der Waals surface area contributed by atoms with Gasteiger partial charge in [0, 0.05) is 66.7 Å². The van der Waals surface area contributed by atoms with Crippen LogP contribution in [0.4, 0.5) is 31.2 Å². The molecular weight excluding hydrogens is 537 g/mol.